The minimum atomic E-state index is -0.547. The Balaban J connectivity index is 2.14. The number of oxazole rings is 1. The molecule has 7 heteroatoms. The lowest BCUT2D eigenvalue weighted by Crippen LogP contribution is -1.95. The lowest BCUT2D eigenvalue weighted by Gasteiger charge is -2.12. The van der Waals surface area contributed by atoms with Crippen LogP contribution >= 0.6 is 11.6 Å². The smallest absolute Gasteiger partial charge is 0.252 e. The molecule has 0 saturated heterocycles. The molecule has 2 aromatic carbocycles. The molecule has 0 N–H and O–H groups in total. The number of hydrogen-bond donors (Lipinski definition) is 0. The summed E-state index contributed by atoms with van der Waals surface area (Å²) in [6.07, 6.45) is 0. The van der Waals surface area contributed by atoms with Crippen LogP contribution in [0.1, 0.15) is 10.4 Å². The van der Waals surface area contributed by atoms with Crippen LogP contribution in [0.5, 0.6) is 17.2 Å². The Bertz CT molecular complexity index is 893. The Hall–Kier alpha value is -2.73. The van der Waals surface area contributed by atoms with E-state index in [1.807, 2.05) is 0 Å². The first-order valence-corrected chi connectivity index (χ1v) is 7.36. The van der Waals surface area contributed by atoms with Gasteiger partial charge < -0.3 is 18.6 Å². The molecule has 3 aromatic rings. The fraction of sp³-hybridized carbons (Fsp3) is 0.176. The molecule has 1 heterocycles. The minimum Gasteiger partial charge on any atom is -0.493 e. The van der Waals surface area contributed by atoms with Gasteiger partial charge in [-0.25, -0.2) is 4.98 Å². The zero-order valence-corrected chi connectivity index (χ0v) is 14.0. The topological polar surface area (TPSA) is 70.8 Å². The van der Waals surface area contributed by atoms with Crippen LogP contribution in [0.15, 0.2) is 34.7 Å². The summed E-state index contributed by atoms with van der Waals surface area (Å²) >= 11 is 5.50. The van der Waals surface area contributed by atoms with Crippen molar-refractivity contribution in [1.29, 1.82) is 0 Å². The van der Waals surface area contributed by atoms with Crippen molar-refractivity contribution in [2.45, 2.75) is 0 Å². The summed E-state index contributed by atoms with van der Waals surface area (Å²) in [5, 5.41) is -0.547. The van der Waals surface area contributed by atoms with Crippen molar-refractivity contribution in [3.05, 3.63) is 35.9 Å². The molecule has 0 radical (unpaired) electrons. The summed E-state index contributed by atoms with van der Waals surface area (Å²) in [6.45, 7) is 0. The van der Waals surface area contributed by atoms with E-state index in [2.05, 4.69) is 4.98 Å². The van der Waals surface area contributed by atoms with Crippen LogP contribution in [0.2, 0.25) is 0 Å². The normalized spacial score (nSPS) is 10.7. The largest absolute Gasteiger partial charge is 0.493 e. The van der Waals surface area contributed by atoms with Gasteiger partial charge in [-0.05, 0) is 41.9 Å². The van der Waals surface area contributed by atoms with E-state index < -0.39 is 5.24 Å². The molecule has 0 unspecified atom stereocenters. The van der Waals surface area contributed by atoms with Gasteiger partial charge in [-0.1, -0.05) is 0 Å². The molecule has 0 spiro atoms. The fourth-order valence-electron chi connectivity index (χ4n) is 2.38. The number of halogens is 1. The molecular weight excluding hydrogens is 334 g/mol. The Morgan fingerprint density at radius 1 is 1.04 bits per heavy atom. The summed E-state index contributed by atoms with van der Waals surface area (Å²) in [4.78, 5) is 15.7. The van der Waals surface area contributed by atoms with Crippen molar-refractivity contribution in [1.82, 2.24) is 4.98 Å². The predicted octanol–water partition coefficient (Wildman–Crippen LogP) is 3.90. The molecule has 0 aliphatic heterocycles. The van der Waals surface area contributed by atoms with E-state index in [1.165, 1.54) is 21.3 Å². The third-order valence-electron chi connectivity index (χ3n) is 3.53. The van der Waals surface area contributed by atoms with Crippen LogP contribution in [0.4, 0.5) is 0 Å². The summed E-state index contributed by atoms with van der Waals surface area (Å²) < 4.78 is 21.7. The van der Waals surface area contributed by atoms with Crippen LogP contribution in [-0.2, 0) is 0 Å². The van der Waals surface area contributed by atoms with Gasteiger partial charge in [0.25, 0.3) is 5.24 Å². The first-order chi connectivity index (χ1) is 11.6. The van der Waals surface area contributed by atoms with E-state index in [1.54, 1.807) is 30.3 Å². The van der Waals surface area contributed by atoms with Crippen molar-refractivity contribution in [2.24, 2.45) is 0 Å². The zero-order valence-electron chi connectivity index (χ0n) is 13.3. The number of rotatable bonds is 5. The Morgan fingerprint density at radius 2 is 1.71 bits per heavy atom. The Kier molecular flexibility index (Phi) is 4.31. The second-order valence-corrected chi connectivity index (χ2v) is 5.23. The van der Waals surface area contributed by atoms with Gasteiger partial charge in [0.05, 0.1) is 21.3 Å². The maximum absolute atomic E-state index is 11.3. The molecule has 6 nitrogen and oxygen atoms in total. The number of fused-ring (bicyclic) bond motifs is 1. The number of methoxy groups -OCH3 is 3. The summed E-state index contributed by atoms with van der Waals surface area (Å²) in [5.74, 6) is 1.83. The van der Waals surface area contributed by atoms with Crippen molar-refractivity contribution in [2.75, 3.05) is 21.3 Å². The first kappa shape index (κ1) is 16.1. The van der Waals surface area contributed by atoms with Crippen LogP contribution in [0.3, 0.4) is 0 Å². The van der Waals surface area contributed by atoms with E-state index >= 15 is 0 Å². The average Bonchev–Trinajstić information content (AvgIpc) is 3.03. The monoisotopic (exact) mass is 347 g/mol. The maximum Gasteiger partial charge on any atom is 0.252 e. The molecule has 0 atom stereocenters. The molecular formula is C17H14ClNO5. The van der Waals surface area contributed by atoms with Gasteiger partial charge in [0.2, 0.25) is 11.6 Å². The molecule has 0 bridgehead atoms. The lowest BCUT2D eigenvalue weighted by atomic mass is 10.2. The van der Waals surface area contributed by atoms with Gasteiger partial charge in [0.1, 0.15) is 5.52 Å². The minimum absolute atomic E-state index is 0.355. The molecule has 3 rings (SSSR count). The number of carbonyl (C=O) groups is 1. The maximum atomic E-state index is 11.3. The van der Waals surface area contributed by atoms with Gasteiger partial charge >= 0.3 is 0 Å². The average molecular weight is 348 g/mol. The molecule has 124 valence electrons. The highest BCUT2D eigenvalue weighted by molar-refractivity contribution is 6.67. The molecule has 0 fully saturated rings. The van der Waals surface area contributed by atoms with Crippen LogP contribution < -0.4 is 14.2 Å². The zero-order chi connectivity index (χ0) is 17.3. The van der Waals surface area contributed by atoms with Gasteiger partial charge in [-0.3, -0.25) is 4.79 Å². The van der Waals surface area contributed by atoms with Crippen molar-refractivity contribution < 1.29 is 23.4 Å². The highest BCUT2D eigenvalue weighted by atomic mass is 35.5. The highest BCUT2D eigenvalue weighted by Gasteiger charge is 2.17. The number of aromatic nitrogens is 1. The standard InChI is InChI=1S/C17H14ClNO5/c1-21-13-7-10(8-14(22-2)15(13)23-3)17-19-11-6-9(16(18)20)4-5-12(11)24-17/h4-8H,1-3H3. The molecule has 0 amide bonds. The van der Waals surface area contributed by atoms with Crippen molar-refractivity contribution in [3.63, 3.8) is 0 Å². The molecule has 1 aromatic heterocycles. The summed E-state index contributed by atoms with van der Waals surface area (Å²) in [6, 6.07) is 8.29. The number of nitrogens with zero attached hydrogens (tertiary/aromatic N) is 1. The molecule has 0 saturated carbocycles. The predicted molar refractivity (Wildman–Crippen MR) is 89.3 cm³/mol. The number of benzene rings is 2. The van der Waals surface area contributed by atoms with Crippen LogP contribution in [0, 0.1) is 0 Å². The van der Waals surface area contributed by atoms with Gasteiger partial charge in [-0.15, -0.1) is 0 Å². The summed E-state index contributed by atoms with van der Waals surface area (Å²) in [5.41, 5.74) is 2.08. The highest BCUT2D eigenvalue weighted by Crippen LogP contribution is 2.41. The van der Waals surface area contributed by atoms with Gasteiger partial charge in [-0.2, -0.15) is 0 Å². The fourth-order valence-corrected chi connectivity index (χ4v) is 2.50. The third-order valence-corrected chi connectivity index (χ3v) is 3.74. The summed E-state index contributed by atoms with van der Waals surface area (Å²) in [7, 11) is 4.60. The first-order valence-electron chi connectivity index (χ1n) is 6.98. The molecule has 0 aliphatic rings. The van der Waals surface area contributed by atoms with E-state index in [-0.39, 0.29) is 0 Å². The SMILES string of the molecule is COc1cc(-c2nc3cc(C(=O)Cl)ccc3o2)cc(OC)c1OC. The third kappa shape index (κ3) is 2.76. The molecule has 24 heavy (non-hydrogen) atoms. The lowest BCUT2D eigenvalue weighted by molar-refractivity contribution is 0.108. The quantitative estimate of drug-likeness (QED) is 0.652. The number of hydrogen-bond acceptors (Lipinski definition) is 6. The Labute approximate surface area is 142 Å². The van der Waals surface area contributed by atoms with Crippen molar-refractivity contribution in [3.8, 4) is 28.7 Å². The van der Waals surface area contributed by atoms with E-state index in [9.17, 15) is 4.79 Å². The van der Waals surface area contributed by atoms with Gasteiger partial charge in [0, 0.05) is 11.1 Å². The number of carbonyl (C=O) groups excluding carboxylic acids is 1. The second kappa shape index (κ2) is 6.41. The van der Waals surface area contributed by atoms with Crippen molar-refractivity contribution >= 4 is 27.9 Å². The van der Waals surface area contributed by atoms with Crippen LogP contribution in [-0.4, -0.2) is 31.6 Å². The second-order valence-electron chi connectivity index (χ2n) is 4.89. The van der Waals surface area contributed by atoms with E-state index in [0.717, 1.165) is 0 Å². The van der Waals surface area contributed by atoms with E-state index in [0.29, 0.717) is 45.4 Å². The molecule has 0 aliphatic carbocycles. The van der Waals surface area contributed by atoms with Gasteiger partial charge in [0.15, 0.2) is 17.1 Å². The van der Waals surface area contributed by atoms with Crippen LogP contribution in [0.25, 0.3) is 22.6 Å². The Morgan fingerprint density at radius 3 is 2.25 bits per heavy atom. The van der Waals surface area contributed by atoms with E-state index in [4.69, 9.17) is 30.2 Å². The number of ether oxygens (including phenoxy) is 3.